The van der Waals surface area contributed by atoms with Crippen molar-refractivity contribution >= 4 is 5.96 Å². The molecule has 5 nitrogen and oxygen atoms in total. The monoisotopic (exact) mass is 353 g/mol. The number of aliphatic imine (C=N–C) groups is 1. The second-order valence-electron chi connectivity index (χ2n) is 8.14. The maximum atomic E-state index is 4.87. The van der Waals surface area contributed by atoms with Crippen LogP contribution in [0.4, 0.5) is 0 Å². The van der Waals surface area contributed by atoms with E-state index < -0.39 is 0 Å². The molecule has 26 heavy (non-hydrogen) atoms. The van der Waals surface area contributed by atoms with Crippen molar-refractivity contribution in [1.82, 2.24) is 20.0 Å². The first kappa shape index (κ1) is 18.5. The first-order valence-corrected chi connectivity index (χ1v) is 9.50. The molecule has 0 atom stereocenters. The fraction of sp³-hybridized carbons (Fsp3) is 0.524. The molecule has 1 fully saturated rings. The topological polar surface area (TPSA) is 45.5 Å². The van der Waals surface area contributed by atoms with Crippen molar-refractivity contribution in [2.45, 2.75) is 46.6 Å². The molecular formula is C21H31N5. The van der Waals surface area contributed by atoms with E-state index in [1.807, 2.05) is 29.1 Å². The van der Waals surface area contributed by atoms with Crippen LogP contribution in [0.25, 0.3) is 5.69 Å². The molecule has 140 valence electrons. The van der Waals surface area contributed by atoms with Gasteiger partial charge < -0.3 is 10.2 Å². The number of aromatic nitrogens is 2. The highest BCUT2D eigenvalue weighted by molar-refractivity contribution is 5.82. The summed E-state index contributed by atoms with van der Waals surface area (Å²) in [6.07, 6.45) is 4.92. The first-order valence-electron chi connectivity index (χ1n) is 9.50. The van der Waals surface area contributed by atoms with E-state index in [-0.39, 0.29) is 5.54 Å². The summed E-state index contributed by atoms with van der Waals surface area (Å²) in [6, 6.07) is 10.2. The van der Waals surface area contributed by atoms with E-state index in [1.165, 1.54) is 5.56 Å². The number of rotatable bonds is 5. The molecule has 5 heteroatoms. The summed E-state index contributed by atoms with van der Waals surface area (Å²) in [7, 11) is 0. The van der Waals surface area contributed by atoms with Gasteiger partial charge in [0.25, 0.3) is 0 Å². The van der Waals surface area contributed by atoms with E-state index in [0.29, 0.717) is 5.41 Å². The first-order chi connectivity index (χ1) is 12.3. The molecule has 2 heterocycles. The summed E-state index contributed by atoms with van der Waals surface area (Å²) in [5.41, 5.74) is 2.71. The largest absolute Gasteiger partial charge is 0.356 e. The highest BCUT2D eigenvalue weighted by Gasteiger charge is 2.53. The minimum absolute atomic E-state index is 0.117. The zero-order chi connectivity index (χ0) is 18.8. The lowest BCUT2D eigenvalue weighted by Gasteiger charge is -2.62. The third-order valence-electron chi connectivity index (χ3n) is 5.79. The Labute approximate surface area is 157 Å². The Morgan fingerprint density at radius 1 is 1.19 bits per heavy atom. The van der Waals surface area contributed by atoms with Crippen LogP contribution in [0.15, 0.2) is 47.7 Å². The number of guanidine groups is 1. The summed E-state index contributed by atoms with van der Waals surface area (Å²) >= 11 is 0. The lowest BCUT2D eigenvalue weighted by atomic mass is 9.65. The van der Waals surface area contributed by atoms with Crippen LogP contribution in [0.2, 0.25) is 0 Å². The van der Waals surface area contributed by atoms with Gasteiger partial charge in [-0.2, -0.15) is 5.10 Å². The summed E-state index contributed by atoms with van der Waals surface area (Å²) in [4.78, 5) is 7.26. The normalized spacial score (nSPS) is 18.5. The molecule has 0 amide bonds. The highest BCUT2D eigenvalue weighted by atomic mass is 15.4. The van der Waals surface area contributed by atoms with Gasteiger partial charge in [-0.25, -0.2) is 4.68 Å². The molecule has 1 aliphatic rings. The van der Waals surface area contributed by atoms with Crippen LogP contribution in [0.3, 0.4) is 0 Å². The summed E-state index contributed by atoms with van der Waals surface area (Å²) in [5, 5.41) is 7.92. The van der Waals surface area contributed by atoms with Gasteiger partial charge in [0.15, 0.2) is 5.96 Å². The molecule has 0 aliphatic carbocycles. The number of hydrogen-bond donors (Lipinski definition) is 1. The molecule has 0 saturated carbocycles. The maximum absolute atomic E-state index is 4.87. The van der Waals surface area contributed by atoms with Crippen LogP contribution < -0.4 is 5.32 Å². The zero-order valence-electron chi connectivity index (χ0n) is 16.7. The van der Waals surface area contributed by atoms with Crippen molar-refractivity contribution < 1.29 is 0 Å². The van der Waals surface area contributed by atoms with Crippen molar-refractivity contribution in [3.63, 3.8) is 0 Å². The molecule has 1 aromatic heterocycles. The maximum Gasteiger partial charge on any atom is 0.194 e. The highest BCUT2D eigenvalue weighted by Crippen LogP contribution is 2.46. The predicted molar refractivity (Wildman–Crippen MR) is 108 cm³/mol. The van der Waals surface area contributed by atoms with Gasteiger partial charge in [-0.05, 0) is 44.9 Å². The van der Waals surface area contributed by atoms with Gasteiger partial charge in [0.05, 0.1) is 11.9 Å². The molecule has 2 aromatic rings. The predicted octanol–water partition coefficient (Wildman–Crippen LogP) is 3.50. The van der Waals surface area contributed by atoms with Gasteiger partial charge in [-0.15, -0.1) is 0 Å². The van der Waals surface area contributed by atoms with Crippen LogP contribution >= 0.6 is 0 Å². The quantitative estimate of drug-likeness (QED) is 0.661. The van der Waals surface area contributed by atoms with Crippen molar-refractivity contribution in [2.75, 3.05) is 19.6 Å². The van der Waals surface area contributed by atoms with Gasteiger partial charge in [-0.3, -0.25) is 4.99 Å². The van der Waals surface area contributed by atoms with Crippen LogP contribution in [-0.4, -0.2) is 45.8 Å². The molecule has 1 saturated heterocycles. The summed E-state index contributed by atoms with van der Waals surface area (Å²) in [5.74, 6) is 1.02. The molecule has 1 N–H and O–H groups in total. The number of benzene rings is 1. The van der Waals surface area contributed by atoms with E-state index >= 15 is 0 Å². The van der Waals surface area contributed by atoms with Gasteiger partial charge in [-0.1, -0.05) is 32.0 Å². The molecule has 0 spiro atoms. The second-order valence-corrected chi connectivity index (χ2v) is 8.14. The van der Waals surface area contributed by atoms with Crippen molar-refractivity contribution in [3.8, 4) is 5.69 Å². The van der Waals surface area contributed by atoms with Crippen LogP contribution in [0.5, 0.6) is 0 Å². The Hall–Kier alpha value is -2.30. The minimum Gasteiger partial charge on any atom is -0.356 e. The molecule has 0 unspecified atom stereocenters. The minimum atomic E-state index is 0.117. The smallest absolute Gasteiger partial charge is 0.194 e. The van der Waals surface area contributed by atoms with E-state index in [4.69, 9.17) is 4.99 Å². The number of para-hydroxylation sites is 1. The Bertz CT molecular complexity index is 758. The molecule has 0 radical (unpaired) electrons. The second kappa shape index (κ2) is 7.14. The lowest BCUT2D eigenvalue weighted by molar-refractivity contribution is -0.0667. The van der Waals surface area contributed by atoms with Crippen molar-refractivity contribution in [1.29, 1.82) is 0 Å². The standard InChI is InChI=1S/C21H31N5/c1-6-22-19(25-16-20(2,3)21(25,4)5)23-13-12-17-14-24-26(15-17)18-10-8-7-9-11-18/h7-11,14-15H,6,12-13,16H2,1-5H3,(H,22,23). The average Bonchev–Trinajstić information content (AvgIpc) is 3.09. The van der Waals surface area contributed by atoms with E-state index in [1.54, 1.807) is 0 Å². The lowest BCUT2D eigenvalue weighted by Crippen LogP contribution is -2.72. The third-order valence-corrected chi connectivity index (χ3v) is 5.79. The van der Waals surface area contributed by atoms with Crippen LogP contribution in [0, 0.1) is 5.41 Å². The third kappa shape index (κ3) is 3.48. The van der Waals surface area contributed by atoms with E-state index in [9.17, 15) is 0 Å². The Kier molecular flexibility index (Phi) is 5.08. The number of likely N-dealkylation sites (tertiary alicyclic amines) is 1. The van der Waals surface area contributed by atoms with Gasteiger partial charge in [0, 0.05) is 36.8 Å². The molecule has 0 bridgehead atoms. The SMILES string of the molecule is CCNC(=NCCc1cnn(-c2ccccc2)c1)N1CC(C)(C)C1(C)C. The van der Waals surface area contributed by atoms with E-state index in [0.717, 1.165) is 37.7 Å². The zero-order valence-corrected chi connectivity index (χ0v) is 16.7. The van der Waals surface area contributed by atoms with Gasteiger partial charge in [0.1, 0.15) is 0 Å². The van der Waals surface area contributed by atoms with Crippen molar-refractivity contribution in [2.24, 2.45) is 10.4 Å². The fourth-order valence-corrected chi connectivity index (χ4v) is 3.30. The Morgan fingerprint density at radius 2 is 1.92 bits per heavy atom. The number of nitrogens with zero attached hydrogens (tertiary/aromatic N) is 4. The van der Waals surface area contributed by atoms with Crippen LogP contribution in [0.1, 0.15) is 40.2 Å². The average molecular weight is 354 g/mol. The number of nitrogens with one attached hydrogen (secondary N) is 1. The molecule has 1 aromatic carbocycles. The molecule has 3 rings (SSSR count). The van der Waals surface area contributed by atoms with Gasteiger partial charge in [0.2, 0.25) is 0 Å². The van der Waals surface area contributed by atoms with Gasteiger partial charge >= 0.3 is 0 Å². The Balaban J connectivity index is 1.64. The summed E-state index contributed by atoms with van der Waals surface area (Å²) < 4.78 is 1.92. The fourth-order valence-electron chi connectivity index (χ4n) is 3.30. The molecular weight excluding hydrogens is 322 g/mol. The Morgan fingerprint density at radius 3 is 2.54 bits per heavy atom. The number of hydrogen-bond acceptors (Lipinski definition) is 2. The van der Waals surface area contributed by atoms with Crippen LogP contribution in [-0.2, 0) is 6.42 Å². The van der Waals surface area contributed by atoms with E-state index in [2.05, 4.69) is 68.3 Å². The molecule has 1 aliphatic heterocycles. The van der Waals surface area contributed by atoms with Crippen molar-refractivity contribution in [3.05, 3.63) is 48.3 Å². The summed E-state index contributed by atoms with van der Waals surface area (Å²) in [6.45, 7) is 14.1.